The van der Waals surface area contributed by atoms with Crippen LogP contribution >= 0.6 is 0 Å². The summed E-state index contributed by atoms with van der Waals surface area (Å²) in [5.41, 5.74) is 1.48. The minimum Gasteiger partial charge on any atom is -0.377 e. The average Bonchev–Trinajstić information content (AvgIpc) is 2.64. The number of ether oxygens (including phenoxy) is 1. The Morgan fingerprint density at radius 2 is 1.88 bits per heavy atom. The Hall–Kier alpha value is -1.41. The summed E-state index contributed by atoms with van der Waals surface area (Å²) in [6.07, 6.45) is 5.01. The van der Waals surface area contributed by atoms with Gasteiger partial charge in [0.15, 0.2) is 0 Å². The first-order chi connectivity index (χ1) is 11.8. The van der Waals surface area contributed by atoms with Crippen molar-refractivity contribution in [1.82, 2.24) is 9.80 Å². The first kappa shape index (κ1) is 17.4. The van der Waals surface area contributed by atoms with E-state index in [2.05, 4.69) is 46.2 Å². The minimum absolute atomic E-state index is 0.0460. The Kier molecular flexibility index (Phi) is 6.66. The molecule has 0 N–H and O–H groups in total. The molecule has 4 heteroatoms. The highest BCUT2D eigenvalue weighted by Crippen LogP contribution is 2.21. The van der Waals surface area contributed by atoms with Gasteiger partial charge in [0.05, 0.1) is 19.3 Å². The third-order valence-electron chi connectivity index (χ3n) is 5.38. The fourth-order valence-corrected chi connectivity index (χ4v) is 3.88. The van der Waals surface area contributed by atoms with E-state index in [4.69, 9.17) is 4.74 Å². The van der Waals surface area contributed by atoms with Crippen LogP contribution < -0.4 is 0 Å². The molecule has 0 amide bonds. The van der Waals surface area contributed by atoms with Crippen molar-refractivity contribution in [3.8, 4) is 6.07 Å². The Bertz CT molecular complexity index is 519. The fraction of sp³-hybridized carbons (Fsp3) is 0.650. The van der Waals surface area contributed by atoms with Gasteiger partial charge in [-0.25, -0.2) is 0 Å². The van der Waals surface area contributed by atoms with E-state index in [1.54, 1.807) is 0 Å². The van der Waals surface area contributed by atoms with Gasteiger partial charge in [-0.2, -0.15) is 5.26 Å². The van der Waals surface area contributed by atoms with Gasteiger partial charge in [-0.3, -0.25) is 4.90 Å². The maximum Gasteiger partial charge on any atom is 0.121 e. The van der Waals surface area contributed by atoms with Crippen LogP contribution in [0.1, 0.15) is 24.8 Å². The second kappa shape index (κ2) is 9.17. The predicted octanol–water partition coefficient (Wildman–Crippen LogP) is 2.56. The molecule has 24 heavy (non-hydrogen) atoms. The van der Waals surface area contributed by atoms with Crippen LogP contribution in [-0.2, 0) is 11.2 Å². The number of nitriles is 1. The van der Waals surface area contributed by atoms with Crippen LogP contribution in [0.15, 0.2) is 30.3 Å². The number of hydrogen-bond donors (Lipinski definition) is 0. The first-order valence-electron chi connectivity index (χ1n) is 9.33. The zero-order valence-electron chi connectivity index (χ0n) is 14.6. The summed E-state index contributed by atoms with van der Waals surface area (Å²) in [7, 11) is 0. The van der Waals surface area contributed by atoms with Gasteiger partial charge in [0, 0.05) is 13.1 Å². The van der Waals surface area contributed by atoms with Gasteiger partial charge >= 0.3 is 0 Å². The molecule has 1 aromatic rings. The van der Waals surface area contributed by atoms with E-state index in [0.717, 1.165) is 38.6 Å². The Balaban J connectivity index is 1.33. The Labute approximate surface area is 146 Å². The van der Waals surface area contributed by atoms with E-state index in [9.17, 15) is 5.26 Å². The van der Waals surface area contributed by atoms with Crippen molar-refractivity contribution >= 4 is 0 Å². The largest absolute Gasteiger partial charge is 0.377 e. The van der Waals surface area contributed by atoms with E-state index >= 15 is 0 Å². The van der Waals surface area contributed by atoms with Gasteiger partial charge in [0.25, 0.3) is 0 Å². The number of likely N-dealkylation sites (tertiary alicyclic amines) is 1. The second-order valence-electron chi connectivity index (χ2n) is 7.08. The summed E-state index contributed by atoms with van der Waals surface area (Å²) >= 11 is 0. The molecule has 0 radical (unpaired) electrons. The van der Waals surface area contributed by atoms with Gasteiger partial charge in [-0.1, -0.05) is 30.3 Å². The van der Waals surface area contributed by atoms with Crippen molar-refractivity contribution in [2.45, 2.75) is 31.7 Å². The fourth-order valence-electron chi connectivity index (χ4n) is 3.88. The number of piperidine rings is 1. The van der Waals surface area contributed by atoms with Gasteiger partial charge in [-0.15, -0.1) is 0 Å². The highest BCUT2D eigenvalue weighted by molar-refractivity contribution is 5.15. The second-order valence-corrected chi connectivity index (χ2v) is 7.08. The lowest BCUT2D eigenvalue weighted by Gasteiger charge is -2.34. The van der Waals surface area contributed by atoms with Crippen molar-refractivity contribution < 1.29 is 4.74 Å². The third kappa shape index (κ3) is 5.04. The van der Waals surface area contributed by atoms with Gasteiger partial charge in [-0.05, 0) is 56.8 Å². The lowest BCUT2D eigenvalue weighted by atomic mass is 9.90. The number of morpholine rings is 1. The lowest BCUT2D eigenvalue weighted by Crippen LogP contribution is -2.45. The molecule has 0 spiro atoms. The number of nitrogens with zero attached hydrogens (tertiary/aromatic N) is 3. The summed E-state index contributed by atoms with van der Waals surface area (Å²) in [6, 6.07) is 13.2. The SMILES string of the molecule is N#CC1COCCN1CCCN1CCC(Cc2ccccc2)CC1. The summed E-state index contributed by atoms with van der Waals surface area (Å²) in [4.78, 5) is 4.88. The van der Waals surface area contributed by atoms with Crippen molar-refractivity contribution in [3.63, 3.8) is 0 Å². The summed E-state index contributed by atoms with van der Waals surface area (Å²) < 4.78 is 5.39. The van der Waals surface area contributed by atoms with E-state index in [1.807, 2.05) is 0 Å². The van der Waals surface area contributed by atoms with Crippen LogP contribution in [0.3, 0.4) is 0 Å². The summed E-state index contributed by atoms with van der Waals surface area (Å²) in [5.74, 6) is 0.839. The van der Waals surface area contributed by atoms with E-state index < -0.39 is 0 Å². The molecule has 1 aromatic carbocycles. The van der Waals surface area contributed by atoms with Crippen molar-refractivity contribution in [1.29, 1.82) is 5.26 Å². The number of hydrogen-bond acceptors (Lipinski definition) is 4. The molecular formula is C20H29N3O. The summed E-state index contributed by atoms with van der Waals surface area (Å²) in [5, 5.41) is 9.18. The van der Waals surface area contributed by atoms with Crippen LogP contribution in [0, 0.1) is 17.2 Å². The van der Waals surface area contributed by atoms with E-state index in [1.165, 1.54) is 37.9 Å². The molecule has 130 valence electrons. The first-order valence-corrected chi connectivity index (χ1v) is 9.33. The normalized spacial score (nSPS) is 23.9. The highest BCUT2D eigenvalue weighted by atomic mass is 16.5. The molecule has 0 aromatic heterocycles. The molecule has 2 fully saturated rings. The molecule has 0 bridgehead atoms. The van der Waals surface area contributed by atoms with Crippen LogP contribution in [0.5, 0.6) is 0 Å². The topological polar surface area (TPSA) is 39.5 Å². The summed E-state index contributed by atoms with van der Waals surface area (Å²) in [6.45, 7) is 6.87. The molecule has 0 aliphatic carbocycles. The monoisotopic (exact) mass is 327 g/mol. The van der Waals surface area contributed by atoms with E-state index in [-0.39, 0.29) is 6.04 Å². The minimum atomic E-state index is -0.0460. The molecule has 3 rings (SSSR count). The molecular weight excluding hydrogens is 298 g/mol. The predicted molar refractivity (Wildman–Crippen MR) is 95.7 cm³/mol. The highest BCUT2D eigenvalue weighted by Gasteiger charge is 2.23. The third-order valence-corrected chi connectivity index (χ3v) is 5.38. The Morgan fingerprint density at radius 3 is 2.62 bits per heavy atom. The molecule has 1 unspecified atom stereocenters. The lowest BCUT2D eigenvalue weighted by molar-refractivity contribution is 0.0109. The van der Waals surface area contributed by atoms with Gasteiger partial charge < -0.3 is 9.64 Å². The average molecular weight is 327 g/mol. The van der Waals surface area contributed by atoms with E-state index in [0.29, 0.717) is 6.61 Å². The molecule has 2 aliphatic rings. The molecule has 0 saturated carbocycles. The zero-order valence-corrected chi connectivity index (χ0v) is 14.6. The molecule has 2 aliphatic heterocycles. The van der Waals surface area contributed by atoms with Crippen molar-refractivity contribution in [3.05, 3.63) is 35.9 Å². The molecule has 2 heterocycles. The number of benzene rings is 1. The number of rotatable bonds is 6. The standard InChI is InChI=1S/C20H29N3O/c21-16-20-17-24-14-13-23(20)10-4-9-22-11-7-19(8-12-22)15-18-5-2-1-3-6-18/h1-3,5-6,19-20H,4,7-15,17H2. The van der Waals surface area contributed by atoms with Crippen LogP contribution in [0.4, 0.5) is 0 Å². The van der Waals surface area contributed by atoms with Crippen LogP contribution in [-0.4, -0.2) is 61.8 Å². The van der Waals surface area contributed by atoms with Crippen molar-refractivity contribution in [2.24, 2.45) is 5.92 Å². The van der Waals surface area contributed by atoms with Crippen LogP contribution in [0.2, 0.25) is 0 Å². The van der Waals surface area contributed by atoms with Crippen molar-refractivity contribution in [2.75, 3.05) is 45.9 Å². The maximum absolute atomic E-state index is 9.18. The maximum atomic E-state index is 9.18. The Morgan fingerprint density at radius 1 is 1.08 bits per heavy atom. The van der Waals surface area contributed by atoms with Gasteiger partial charge in [0.2, 0.25) is 0 Å². The molecule has 1 atom stereocenters. The molecule has 4 nitrogen and oxygen atoms in total. The van der Waals surface area contributed by atoms with Gasteiger partial charge in [0.1, 0.15) is 6.04 Å². The zero-order chi connectivity index (χ0) is 16.6. The van der Waals surface area contributed by atoms with Crippen LogP contribution in [0.25, 0.3) is 0 Å². The quantitative estimate of drug-likeness (QED) is 0.805. The smallest absolute Gasteiger partial charge is 0.121 e. The molecule has 2 saturated heterocycles.